The second-order valence-electron chi connectivity index (χ2n) is 10.3. The van der Waals surface area contributed by atoms with Gasteiger partial charge in [0.25, 0.3) is 0 Å². The van der Waals surface area contributed by atoms with Crippen LogP contribution >= 0.6 is 22.9 Å². The zero-order valence-electron chi connectivity index (χ0n) is 20.2. The van der Waals surface area contributed by atoms with E-state index in [-0.39, 0.29) is 34.4 Å². The Labute approximate surface area is 226 Å². The van der Waals surface area contributed by atoms with E-state index in [9.17, 15) is 9.90 Å². The van der Waals surface area contributed by atoms with E-state index in [0.717, 1.165) is 35.8 Å². The molecule has 0 saturated heterocycles. The Morgan fingerprint density at radius 3 is 2.71 bits per heavy atom. The lowest BCUT2D eigenvalue weighted by atomic mass is 9.61. The van der Waals surface area contributed by atoms with Crippen molar-refractivity contribution in [1.82, 2.24) is 19.9 Å². The zero-order valence-corrected chi connectivity index (χ0v) is 21.8. The van der Waals surface area contributed by atoms with Crippen molar-refractivity contribution in [3.05, 3.63) is 59.0 Å². The van der Waals surface area contributed by atoms with Crippen molar-refractivity contribution in [2.45, 2.75) is 37.6 Å². The molecule has 2 bridgehead atoms. The second kappa shape index (κ2) is 9.13. The van der Waals surface area contributed by atoms with E-state index < -0.39 is 23.7 Å². The SMILES string of the molecule is O=C(O)C1C2CCC(CC2)C1Nc1nc(C2CNc3ncc(Cl)nc32)nc(-c2cc3ccccc3s2)c1F. The number of carboxylic acid groups (broad SMARTS) is 1. The summed E-state index contributed by atoms with van der Waals surface area (Å²) in [5.74, 6) is -1.11. The average Bonchev–Trinajstić information content (AvgIpc) is 3.54. The van der Waals surface area contributed by atoms with E-state index >= 15 is 4.39 Å². The van der Waals surface area contributed by atoms with Gasteiger partial charge in [0, 0.05) is 17.3 Å². The number of nitrogens with one attached hydrogen (secondary N) is 2. The molecule has 1 aromatic carbocycles. The van der Waals surface area contributed by atoms with E-state index in [4.69, 9.17) is 16.6 Å². The van der Waals surface area contributed by atoms with Crippen molar-refractivity contribution in [2.75, 3.05) is 17.2 Å². The van der Waals surface area contributed by atoms with Crippen molar-refractivity contribution in [3.8, 4) is 10.6 Å². The summed E-state index contributed by atoms with van der Waals surface area (Å²) >= 11 is 7.61. The van der Waals surface area contributed by atoms with Gasteiger partial charge in [-0.25, -0.2) is 24.3 Å². The lowest BCUT2D eigenvalue weighted by molar-refractivity contribution is -0.148. The minimum absolute atomic E-state index is 0.0368. The number of carboxylic acids is 1. The third kappa shape index (κ3) is 3.89. The van der Waals surface area contributed by atoms with Gasteiger partial charge >= 0.3 is 5.97 Å². The fourth-order valence-electron chi connectivity index (χ4n) is 6.42. The smallest absolute Gasteiger partial charge is 0.308 e. The molecule has 0 spiro atoms. The van der Waals surface area contributed by atoms with Gasteiger partial charge in [0.15, 0.2) is 11.6 Å². The van der Waals surface area contributed by atoms with Gasteiger partial charge in [-0.05, 0) is 55.0 Å². The van der Waals surface area contributed by atoms with Crippen LogP contribution in [0, 0.1) is 23.6 Å². The molecule has 38 heavy (non-hydrogen) atoms. The molecular weight excluding hydrogens is 527 g/mol. The Hall–Kier alpha value is -3.37. The summed E-state index contributed by atoms with van der Waals surface area (Å²) in [7, 11) is 0. The molecule has 4 aromatic rings. The number of aromatic nitrogens is 4. The molecule has 3 unspecified atom stereocenters. The molecular formula is C27H24ClFN6O2S. The highest BCUT2D eigenvalue weighted by Gasteiger charge is 2.48. The molecule has 3 aliphatic carbocycles. The Kier molecular flexibility index (Phi) is 5.70. The molecule has 3 fully saturated rings. The molecule has 1 aliphatic heterocycles. The first-order valence-electron chi connectivity index (χ1n) is 12.8. The number of hydrogen-bond acceptors (Lipinski definition) is 8. The number of carbonyl (C=O) groups is 1. The average molecular weight is 551 g/mol. The number of rotatable bonds is 5. The number of benzene rings is 1. The molecule has 0 radical (unpaired) electrons. The zero-order chi connectivity index (χ0) is 26.0. The molecule has 194 valence electrons. The first-order valence-corrected chi connectivity index (χ1v) is 14.0. The predicted molar refractivity (Wildman–Crippen MR) is 144 cm³/mol. The highest BCUT2D eigenvalue weighted by Crippen LogP contribution is 2.47. The molecule has 3 N–H and O–H groups in total. The Morgan fingerprint density at radius 2 is 1.92 bits per heavy atom. The minimum Gasteiger partial charge on any atom is -0.481 e. The fourth-order valence-corrected chi connectivity index (χ4v) is 7.60. The number of thiophene rings is 1. The van der Waals surface area contributed by atoms with E-state index in [2.05, 4.69) is 25.6 Å². The van der Waals surface area contributed by atoms with Crippen LogP contribution in [0.4, 0.5) is 16.0 Å². The molecule has 3 saturated carbocycles. The van der Waals surface area contributed by atoms with E-state index in [1.54, 1.807) is 0 Å². The summed E-state index contributed by atoms with van der Waals surface area (Å²) < 4.78 is 17.3. The van der Waals surface area contributed by atoms with Gasteiger partial charge in [-0.2, -0.15) is 0 Å². The topological polar surface area (TPSA) is 113 Å². The largest absolute Gasteiger partial charge is 0.481 e. The van der Waals surface area contributed by atoms with E-state index in [1.807, 2.05) is 30.3 Å². The summed E-state index contributed by atoms with van der Waals surface area (Å²) in [6, 6.07) is 9.41. The van der Waals surface area contributed by atoms with Crippen molar-refractivity contribution >= 4 is 50.6 Å². The van der Waals surface area contributed by atoms with Gasteiger partial charge in [0.05, 0.1) is 28.6 Å². The second-order valence-corrected chi connectivity index (χ2v) is 11.8. The van der Waals surface area contributed by atoms with Crippen molar-refractivity contribution in [1.29, 1.82) is 0 Å². The van der Waals surface area contributed by atoms with Crippen LogP contribution in [0.15, 0.2) is 36.5 Å². The highest BCUT2D eigenvalue weighted by atomic mass is 35.5. The number of nitrogens with zero attached hydrogens (tertiary/aromatic N) is 4. The van der Waals surface area contributed by atoms with Crippen LogP contribution < -0.4 is 10.6 Å². The summed E-state index contributed by atoms with van der Waals surface area (Å²) in [5.41, 5.74) is 0.799. The van der Waals surface area contributed by atoms with Crippen LogP contribution in [0.2, 0.25) is 5.15 Å². The molecule has 4 aliphatic rings. The van der Waals surface area contributed by atoms with Crippen LogP contribution in [-0.2, 0) is 4.79 Å². The van der Waals surface area contributed by atoms with Gasteiger partial charge in [0.2, 0.25) is 0 Å². The summed E-state index contributed by atoms with van der Waals surface area (Å²) in [6.45, 7) is 0.443. The van der Waals surface area contributed by atoms with Crippen LogP contribution in [0.5, 0.6) is 0 Å². The quantitative estimate of drug-likeness (QED) is 0.286. The number of hydrogen-bond donors (Lipinski definition) is 3. The molecule has 11 heteroatoms. The van der Waals surface area contributed by atoms with Crippen molar-refractivity contribution in [2.24, 2.45) is 17.8 Å². The third-order valence-corrected chi connectivity index (χ3v) is 9.53. The maximum absolute atomic E-state index is 16.2. The number of aliphatic carboxylic acids is 1. The van der Waals surface area contributed by atoms with Crippen molar-refractivity contribution in [3.63, 3.8) is 0 Å². The first-order chi connectivity index (χ1) is 18.5. The lowest BCUT2D eigenvalue weighted by Crippen LogP contribution is -2.51. The van der Waals surface area contributed by atoms with Gasteiger partial charge in [-0.3, -0.25) is 4.79 Å². The van der Waals surface area contributed by atoms with E-state index in [1.165, 1.54) is 17.5 Å². The molecule has 8 nitrogen and oxygen atoms in total. The maximum Gasteiger partial charge on any atom is 0.308 e. The third-order valence-electron chi connectivity index (χ3n) is 8.22. The number of anilines is 2. The molecule has 0 amide bonds. The summed E-state index contributed by atoms with van der Waals surface area (Å²) in [6.07, 6.45) is 5.13. The van der Waals surface area contributed by atoms with Crippen LogP contribution in [0.3, 0.4) is 0 Å². The molecule has 3 aromatic heterocycles. The highest BCUT2D eigenvalue weighted by molar-refractivity contribution is 7.22. The number of fused-ring (bicyclic) bond motifs is 5. The van der Waals surface area contributed by atoms with Crippen LogP contribution in [-0.4, -0.2) is 43.6 Å². The number of halogens is 2. The molecule has 8 rings (SSSR count). The maximum atomic E-state index is 16.2. The molecule has 3 atom stereocenters. The fraction of sp³-hybridized carbons (Fsp3) is 0.370. The van der Waals surface area contributed by atoms with E-state index in [0.29, 0.717) is 28.8 Å². The van der Waals surface area contributed by atoms with Gasteiger partial charge in [-0.15, -0.1) is 11.3 Å². The van der Waals surface area contributed by atoms with Crippen LogP contribution in [0.1, 0.15) is 43.1 Å². The normalized spacial score (nSPS) is 25.8. The summed E-state index contributed by atoms with van der Waals surface area (Å²) in [4.78, 5) is 31.1. The van der Waals surface area contributed by atoms with Gasteiger partial charge in [0.1, 0.15) is 22.5 Å². The Morgan fingerprint density at radius 1 is 1.13 bits per heavy atom. The van der Waals surface area contributed by atoms with Gasteiger partial charge < -0.3 is 15.7 Å². The minimum atomic E-state index is -0.838. The molecule has 4 heterocycles. The Balaban J connectivity index is 1.36. The Bertz CT molecular complexity index is 1540. The predicted octanol–water partition coefficient (Wildman–Crippen LogP) is 5.80. The lowest BCUT2D eigenvalue weighted by Gasteiger charge is -2.47. The summed E-state index contributed by atoms with van der Waals surface area (Å²) in [5, 5.41) is 17.8. The first kappa shape index (κ1) is 23.7. The van der Waals surface area contributed by atoms with Crippen LogP contribution in [0.25, 0.3) is 20.7 Å². The van der Waals surface area contributed by atoms with Crippen molar-refractivity contribution < 1.29 is 14.3 Å². The monoisotopic (exact) mass is 550 g/mol. The van der Waals surface area contributed by atoms with Gasteiger partial charge in [-0.1, -0.05) is 29.8 Å². The standard InChI is InChI=1S/C27H24ClFN6O2S/c28-18-11-31-26-22(32-18)15(10-30-26)24-34-23(17-9-14-3-1-2-4-16(14)38-17)20(29)25(35-24)33-21-13-7-5-12(6-8-13)19(21)27(36)37/h1-4,9,11-13,15,19,21H,5-8,10H2,(H,30,31)(H,36,37)(H,33,34,35).